The summed E-state index contributed by atoms with van der Waals surface area (Å²) in [6, 6.07) is 12.2. The van der Waals surface area contributed by atoms with Crippen LogP contribution >= 0.6 is 0 Å². The molecule has 0 bridgehead atoms. The third kappa shape index (κ3) is 4.94. The van der Waals surface area contributed by atoms with E-state index in [1.807, 2.05) is 0 Å². The van der Waals surface area contributed by atoms with E-state index in [-0.39, 0.29) is 0 Å². The molecule has 0 aliphatic carbocycles. The first-order chi connectivity index (χ1) is 10.0. The summed E-state index contributed by atoms with van der Waals surface area (Å²) < 4.78 is 26.1. The van der Waals surface area contributed by atoms with E-state index in [2.05, 4.69) is 43.4 Å². The monoisotopic (exact) mass is 289 g/mol. The summed E-state index contributed by atoms with van der Waals surface area (Å²) >= 11 is 0. The molecule has 0 unspecified atom stereocenters. The van der Waals surface area contributed by atoms with E-state index in [4.69, 9.17) is 0 Å². The molecule has 0 saturated carbocycles. The first kappa shape index (κ1) is 15.6. The summed E-state index contributed by atoms with van der Waals surface area (Å²) in [5, 5.41) is 3.29. The molecule has 1 N–H and O–H groups in total. The molecule has 0 radical (unpaired) electrons. The predicted octanol–water partition coefficient (Wildman–Crippen LogP) is 4.42. The van der Waals surface area contributed by atoms with Crippen LogP contribution in [0.25, 0.3) is 0 Å². The van der Waals surface area contributed by atoms with E-state index in [1.54, 1.807) is 0 Å². The van der Waals surface area contributed by atoms with E-state index in [0.717, 1.165) is 12.6 Å². The average Bonchev–Trinajstić information content (AvgIpc) is 2.43. The highest BCUT2D eigenvalue weighted by Gasteiger charge is 2.01. The van der Waals surface area contributed by atoms with Crippen molar-refractivity contribution < 1.29 is 8.78 Å². The van der Waals surface area contributed by atoms with Gasteiger partial charge in [0.2, 0.25) is 0 Å². The van der Waals surface area contributed by atoms with Crippen molar-refractivity contribution >= 4 is 0 Å². The van der Waals surface area contributed by atoms with Crippen LogP contribution < -0.4 is 5.32 Å². The number of rotatable bonds is 6. The van der Waals surface area contributed by atoms with Gasteiger partial charge in [0, 0.05) is 12.6 Å². The maximum atomic E-state index is 13.0. The highest BCUT2D eigenvalue weighted by molar-refractivity contribution is 5.24. The first-order valence-corrected chi connectivity index (χ1v) is 7.29. The van der Waals surface area contributed by atoms with Crippen LogP contribution in [0.5, 0.6) is 0 Å². The van der Waals surface area contributed by atoms with E-state index in [0.29, 0.717) is 24.4 Å². The lowest BCUT2D eigenvalue weighted by molar-refractivity contribution is 0.577. The summed E-state index contributed by atoms with van der Waals surface area (Å²) in [5.41, 5.74) is 3.22. The minimum absolute atomic E-state index is 0.519. The zero-order chi connectivity index (χ0) is 15.2. The van der Waals surface area contributed by atoms with Crippen LogP contribution in [0.1, 0.15) is 36.5 Å². The number of hydrogen-bond acceptors (Lipinski definition) is 1. The summed E-state index contributed by atoms with van der Waals surface area (Å²) in [6.07, 6.45) is 0.610. The van der Waals surface area contributed by atoms with Gasteiger partial charge in [-0.15, -0.1) is 0 Å². The van der Waals surface area contributed by atoms with Gasteiger partial charge in [0.1, 0.15) is 11.6 Å². The SMILES string of the molecule is CC(C)c1ccc(CNCCc2cc(F)cc(F)c2)cc1. The Morgan fingerprint density at radius 1 is 0.905 bits per heavy atom. The van der Waals surface area contributed by atoms with Gasteiger partial charge in [-0.3, -0.25) is 0 Å². The summed E-state index contributed by atoms with van der Waals surface area (Å²) in [7, 11) is 0. The Labute approximate surface area is 125 Å². The van der Waals surface area contributed by atoms with Gasteiger partial charge in [-0.25, -0.2) is 8.78 Å². The maximum Gasteiger partial charge on any atom is 0.126 e. The number of halogens is 2. The molecule has 0 heterocycles. The van der Waals surface area contributed by atoms with E-state index in [1.165, 1.54) is 23.3 Å². The third-order valence-corrected chi connectivity index (χ3v) is 3.49. The molecule has 1 nitrogen and oxygen atoms in total. The number of nitrogens with one attached hydrogen (secondary N) is 1. The molecule has 0 fully saturated rings. The topological polar surface area (TPSA) is 12.0 Å². The van der Waals surface area contributed by atoms with Crippen LogP contribution in [0.3, 0.4) is 0 Å². The second-order valence-electron chi connectivity index (χ2n) is 5.60. The lowest BCUT2D eigenvalue weighted by Gasteiger charge is -2.08. The van der Waals surface area contributed by atoms with Gasteiger partial charge in [0.25, 0.3) is 0 Å². The zero-order valence-electron chi connectivity index (χ0n) is 12.5. The Hall–Kier alpha value is -1.74. The van der Waals surface area contributed by atoms with E-state index < -0.39 is 11.6 Å². The summed E-state index contributed by atoms with van der Waals surface area (Å²) in [5.74, 6) is -0.501. The normalized spacial score (nSPS) is 11.1. The fourth-order valence-electron chi connectivity index (χ4n) is 2.24. The number of benzene rings is 2. The van der Waals surface area contributed by atoms with Crippen LogP contribution in [-0.4, -0.2) is 6.54 Å². The average molecular weight is 289 g/mol. The Kier molecular flexibility index (Phi) is 5.45. The van der Waals surface area contributed by atoms with Crippen molar-refractivity contribution in [2.24, 2.45) is 0 Å². The molecule has 0 spiro atoms. The minimum atomic E-state index is -0.519. The Bertz CT molecular complexity index is 556. The van der Waals surface area contributed by atoms with Crippen molar-refractivity contribution in [3.8, 4) is 0 Å². The molecule has 0 aliphatic heterocycles. The molecule has 0 atom stereocenters. The van der Waals surface area contributed by atoms with Crippen molar-refractivity contribution in [3.05, 3.63) is 70.8 Å². The first-order valence-electron chi connectivity index (χ1n) is 7.29. The molecular formula is C18H21F2N. The smallest absolute Gasteiger partial charge is 0.126 e. The fourth-order valence-corrected chi connectivity index (χ4v) is 2.24. The molecule has 2 rings (SSSR count). The second-order valence-corrected chi connectivity index (χ2v) is 5.60. The van der Waals surface area contributed by atoms with E-state index >= 15 is 0 Å². The van der Waals surface area contributed by atoms with Crippen molar-refractivity contribution in [2.75, 3.05) is 6.54 Å². The third-order valence-electron chi connectivity index (χ3n) is 3.49. The Morgan fingerprint density at radius 3 is 2.10 bits per heavy atom. The molecule has 2 aromatic carbocycles. The molecule has 0 amide bonds. The van der Waals surface area contributed by atoms with Crippen LogP contribution in [0.2, 0.25) is 0 Å². The molecule has 0 saturated heterocycles. The zero-order valence-corrected chi connectivity index (χ0v) is 12.5. The van der Waals surface area contributed by atoms with Crippen LogP contribution in [0.15, 0.2) is 42.5 Å². The second kappa shape index (κ2) is 7.32. The van der Waals surface area contributed by atoms with Gasteiger partial charge in [-0.1, -0.05) is 38.1 Å². The number of hydrogen-bond donors (Lipinski definition) is 1. The largest absolute Gasteiger partial charge is 0.312 e. The quantitative estimate of drug-likeness (QED) is 0.776. The molecule has 2 aromatic rings. The highest BCUT2D eigenvalue weighted by Crippen LogP contribution is 2.14. The van der Waals surface area contributed by atoms with Crippen molar-refractivity contribution in [2.45, 2.75) is 32.7 Å². The predicted molar refractivity (Wildman–Crippen MR) is 82.3 cm³/mol. The lowest BCUT2D eigenvalue weighted by Crippen LogP contribution is -2.16. The molecule has 21 heavy (non-hydrogen) atoms. The molecule has 3 heteroatoms. The maximum absolute atomic E-state index is 13.0. The Balaban J connectivity index is 1.79. The molecule has 0 aromatic heterocycles. The minimum Gasteiger partial charge on any atom is -0.312 e. The van der Waals surface area contributed by atoms with Crippen LogP contribution in [0.4, 0.5) is 8.78 Å². The van der Waals surface area contributed by atoms with Gasteiger partial charge < -0.3 is 5.32 Å². The molecule has 112 valence electrons. The molecular weight excluding hydrogens is 268 g/mol. The van der Waals surface area contributed by atoms with Gasteiger partial charge in [0.15, 0.2) is 0 Å². The fraction of sp³-hybridized carbons (Fsp3) is 0.333. The molecule has 0 aliphatic rings. The Morgan fingerprint density at radius 2 is 1.52 bits per heavy atom. The van der Waals surface area contributed by atoms with Crippen LogP contribution in [0, 0.1) is 11.6 Å². The standard InChI is InChI=1S/C18H21F2N/c1-13(2)16-5-3-14(4-6-16)12-21-8-7-15-9-17(19)11-18(20)10-15/h3-6,9-11,13,21H,7-8,12H2,1-2H3. The van der Waals surface area contributed by atoms with Gasteiger partial charge >= 0.3 is 0 Å². The summed E-state index contributed by atoms with van der Waals surface area (Å²) in [4.78, 5) is 0. The van der Waals surface area contributed by atoms with Crippen molar-refractivity contribution in [1.82, 2.24) is 5.32 Å². The van der Waals surface area contributed by atoms with Gasteiger partial charge in [0.05, 0.1) is 0 Å². The lowest BCUT2D eigenvalue weighted by atomic mass is 10.0. The van der Waals surface area contributed by atoms with Crippen molar-refractivity contribution in [1.29, 1.82) is 0 Å². The summed E-state index contributed by atoms with van der Waals surface area (Å²) in [6.45, 7) is 5.79. The van der Waals surface area contributed by atoms with Crippen LogP contribution in [-0.2, 0) is 13.0 Å². The van der Waals surface area contributed by atoms with E-state index in [9.17, 15) is 8.78 Å². The van der Waals surface area contributed by atoms with Crippen molar-refractivity contribution in [3.63, 3.8) is 0 Å². The van der Waals surface area contributed by atoms with Gasteiger partial charge in [-0.05, 0) is 47.7 Å². The highest BCUT2D eigenvalue weighted by atomic mass is 19.1. The van der Waals surface area contributed by atoms with Gasteiger partial charge in [-0.2, -0.15) is 0 Å².